The van der Waals surface area contributed by atoms with Crippen LogP contribution in [0.5, 0.6) is 0 Å². The molecule has 0 aliphatic carbocycles. The molecule has 0 unspecified atom stereocenters. The zero-order valence-corrected chi connectivity index (χ0v) is 9.01. The van der Waals surface area contributed by atoms with E-state index in [-0.39, 0.29) is 6.03 Å². The Morgan fingerprint density at radius 3 is 3.07 bits per heavy atom. The topological polar surface area (TPSA) is 44.4 Å². The summed E-state index contributed by atoms with van der Waals surface area (Å²) in [5.74, 6) is 0. The highest BCUT2D eigenvalue weighted by atomic mass is 16.2. The van der Waals surface area contributed by atoms with Crippen molar-refractivity contribution < 1.29 is 4.79 Å². The van der Waals surface area contributed by atoms with Gasteiger partial charge in [-0.2, -0.15) is 0 Å². The SMILES string of the molecule is CCCCNC(=O)N1CCCCCN1. The number of urea groups is 1. The monoisotopic (exact) mass is 199 g/mol. The molecule has 1 aliphatic heterocycles. The Hall–Kier alpha value is -0.770. The van der Waals surface area contributed by atoms with E-state index in [1.165, 1.54) is 12.8 Å². The van der Waals surface area contributed by atoms with Crippen molar-refractivity contribution in [2.45, 2.75) is 39.0 Å². The first kappa shape index (κ1) is 11.3. The van der Waals surface area contributed by atoms with Crippen LogP contribution >= 0.6 is 0 Å². The van der Waals surface area contributed by atoms with Gasteiger partial charge >= 0.3 is 6.03 Å². The molecule has 1 heterocycles. The molecular formula is C10H21N3O. The summed E-state index contributed by atoms with van der Waals surface area (Å²) in [6, 6.07) is 0.0281. The Balaban J connectivity index is 2.20. The number of carbonyl (C=O) groups excluding carboxylic acids is 1. The Bertz CT molecular complexity index is 165. The van der Waals surface area contributed by atoms with Crippen LogP contribution in [-0.4, -0.2) is 30.7 Å². The van der Waals surface area contributed by atoms with Crippen LogP contribution in [-0.2, 0) is 0 Å². The van der Waals surface area contributed by atoms with Gasteiger partial charge in [0.15, 0.2) is 0 Å². The number of unbranched alkanes of at least 4 members (excludes halogenated alkanes) is 1. The molecule has 0 spiro atoms. The highest BCUT2D eigenvalue weighted by Crippen LogP contribution is 2.01. The minimum atomic E-state index is 0.0281. The van der Waals surface area contributed by atoms with Crippen molar-refractivity contribution >= 4 is 6.03 Å². The molecule has 14 heavy (non-hydrogen) atoms. The molecule has 0 aromatic carbocycles. The van der Waals surface area contributed by atoms with Gasteiger partial charge in [-0.3, -0.25) is 5.01 Å². The van der Waals surface area contributed by atoms with Crippen molar-refractivity contribution in [2.24, 2.45) is 0 Å². The molecule has 1 fully saturated rings. The Morgan fingerprint density at radius 2 is 2.29 bits per heavy atom. The average Bonchev–Trinajstić information content (AvgIpc) is 2.46. The van der Waals surface area contributed by atoms with Gasteiger partial charge in [-0.25, -0.2) is 10.2 Å². The number of hydrogen-bond acceptors (Lipinski definition) is 2. The van der Waals surface area contributed by atoms with E-state index < -0.39 is 0 Å². The van der Waals surface area contributed by atoms with Crippen LogP contribution in [0.2, 0.25) is 0 Å². The minimum absolute atomic E-state index is 0.0281. The lowest BCUT2D eigenvalue weighted by Crippen LogP contribution is -2.48. The summed E-state index contributed by atoms with van der Waals surface area (Å²) >= 11 is 0. The maximum Gasteiger partial charge on any atom is 0.331 e. The van der Waals surface area contributed by atoms with Crippen molar-refractivity contribution in [3.63, 3.8) is 0 Å². The van der Waals surface area contributed by atoms with Crippen LogP contribution < -0.4 is 10.7 Å². The molecule has 0 bridgehead atoms. The molecule has 1 rings (SSSR count). The average molecular weight is 199 g/mol. The van der Waals surface area contributed by atoms with Crippen molar-refractivity contribution in [1.29, 1.82) is 0 Å². The van der Waals surface area contributed by atoms with Gasteiger partial charge < -0.3 is 5.32 Å². The first-order chi connectivity index (χ1) is 6.84. The molecule has 0 aromatic rings. The lowest BCUT2D eigenvalue weighted by atomic mass is 10.2. The van der Waals surface area contributed by atoms with Crippen molar-refractivity contribution in [3.05, 3.63) is 0 Å². The molecule has 1 saturated heterocycles. The predicted octanol–water partition coefficient (Wildman–Crippen LogP) is 1.49. The molecule has 0 atom stereocenters. The number of nitrogens with one attached hydrogen (secondary N) is 2. The summed E-state index contributed by atoms with van der Waals surface area (Å²) < 4.78 is 0. The van der Waals surface area contributed by atoms with E-state index >= 15 is 0 Å². The second kappa shape index (κ2) is 6.65. The molecular weight excluding hydrogens is 178 g/mol. The van der Waals surface area contributed by atoms with Gasteiger partial charge in [0.05, 0.1) is 0 Å². The van der Waals surface area contributed by atoms with Gasteiger partial charge in [0.25, 0.3) is 0 Å². The van der Waals surface area contributed by atoms with Gasteiger partial charge in [0.1, 0.15) is 0 Å². The van der Waals surface area contributed by atoms with Crippen LogP contribution in [0.15, 0.2) is 0 Å². The van der Waals surface area contributed by atoms with Crippen molar-refractivity contribution in [3.8, 4) is 0 Å². The second-order valence-corrected chi connectivity index (χ2v) is 3.71. The van der Waals surface area contributed by atoms with E-state index in [1.54, 1.807) is 5.01 Å². The van der Waals surface area contributed by atoms with Gasteiger partial charge in [-0.15, -0.1) is 0 Å². The first-order valence-electron chi connectivity index (χ1n) is 5.63. The molecule has 82 valence electrons. The Morgan fingerprint density at radius 1 is 1.43 bits per heavy atom. The maximum atomic E-state index is 11.6. The molecule has 4 heteroatoms. The smallest absolute Gasteiger partial charge is 0.331 e. The summed E-state index contributed by atoms with van der Waals surface area (Å²) in [5, 5.41) is 4.62. The molecule has 2 amide bonds. The standard InChI is InChI=1S/C10H21N3O/c1-2-3-7-11-10(14)13-9-6-4-5-8-12-13/h12H,2-9H2,1H3,(H,11,14). The van der Waals surface area contributed by atoms with Crippen LogP contribution in [0.25, 0.3) is 0 Å². The lowest BCUT2D eigenvalue weighted by molar-refractivity contribution is 0.175. The molecule has 2 N–H and O–H groups in total. The summed E-state index contributed by atoms with van der Waals surface area (Å²) in [6.07, 6.45) is 5.66. The number of hydrazine groups is 1. The van der Waals surface area contributed by atoms with E-state index in [0.29, 0.717) is 0 Å². The van der Waals surface area contributed by atoms with Crippen LogP contribution in [0.4, 0.5) is 4.79 Å². The third-order valence-electron chi connectivity index (χ3n) is 2.41. The maximum absolute atomic E-state index is 11.6. The van der Waals surface area contributed by atoms with Crippen molar-refractivity contribution in [1.82, 2.24) is 15.8 Å². The third-order valence-corrected chi connectivity index (χ3v) is 2.41. The van der Waals surface area contributed by atoms with Crippen LogP contribution in [0.1, 0.15) is 39.0 Å². The molecule has 4 nitrogen and oxygen atoms in total. The van der Waals surface area contributed by atoms with E-state index in [2.05, 4.69) is 17.7 Å². The number of amides is 2. The minimum Gasteiger partial charge on any atom is -0.337 e. The van der Waals surface area contributed by atoms with Gasteiger partial charge in [0.2, 0.25) is 0 Å². The molecule has 0 saturated carbocycles. The highest BCUT2D eigenvalue weighted by molar-refractivity contribution is 5.73. The zero-order chi connectivity index (χ0) is 10.2. The van der Waals surface area contributed by atoms with E-state index in [1.807, 2.05) is 0 Å². The van der Waals surface area contributed by atoms with Crippen LogP contribution in [0.3, 0.4) is 0 Å². The fourth-order valence-electron chi connectivity index (χ4n) is 1.51. The largest absolute Gasteiger partial charge is 0.337 e. The summed E-state index contributed by atoms with van der Waals surface area (Å²) in [4.78, 5) is 11.6. The van der Waals surface area contributed by atoms with E-state index in [0.717, 1.165) is 38.9 Å². The molecule has 0 aromatic heterocycles. The summed E-state index contributed by atoms with van der Waals surface area (Å²) in [5.41, 5.74) is 3.13. The second-order valence-electron chi connectivity index (χ2n) is 3.71. The fraction of sp³-hybridized carbons (Fsp3) is 0.900. The lowest BCUT2D eigenvalue weighted by Gasteiger charge is -2.21. The predicted molar refractivity (Wildman–Crippen MR) is 56.9 cm³/mol. The number of hydrogen-bond donors (Lipinski definition) is 2. The van der Waals surface area contributed by atoms with Gasteiger partial charge in [-0.1, -0.05) is 19.8 Å². The highest BCUT2D eigenvalue weighted by Gasteiger charge is 2.13. The normalized spacial score (nSPS) is 17.6. The van der Waals surface area contributed by atoms with Gasteiger partial charge in [-0.05, 0) is 19.3 Å². The fourth-order valence-corrected chi connectivity index (χ4v) is 1.51. The quantitative estimate of drug-likeness (QED) is 0.676. The first-order valence-corrected chi connectivity index (χ1v) is 5.63. The third kappa shape index (κ3) is 3.96. The Kier molecular flexibility index (Phi) is 5.37. The van der Waals surface area contributed by atoms with Crippen molar-refractivity contribution in [2.75, 3.05) is 19.6 Å². The summed E-state index contributed by atoms with van der Waals surface area (Å²) in [6.45, 7) is 4.66. The van der Waals surface area contributed by atoms with Crippen LogP contribution in [0, 0.1) is 0 Å². The summed E-state index contributed by atoms with van der Waals surface area (Å²) in [7, 11) is 0. The number of carbonyl (C=O) groups is 1. The number of nitrogens with zero attached hydrogens (tertiary/aromatic N) is 1. The van der Waals surface area contributed by atoms with E-state index in [9.17, 15) is 4.79 Å². The van der Waals surface area contributed by atoms with E-state index in [4.69, 9.17) is 0 Å². The zero-order valence-electron chi connectivity index (χ0n) is 9.01. The molecule has 0 radical (unpaired) electrons. The number of rotatable bonds is 3. The Labute approximate surface area is 86.0 Å². The molecule has 1 aliphatic rings. The van der Waals surface area contributed by atoms with Gasteiger partial charge in [0, 0.05) is 19.6 Å².